The van der Waals surface area contributed by atoms with E-state index in [0.29, 0.717) is 30.5 Å². The van der Waals surface area contributed by atoms with Crippen LogP contribution in [-0.2, 0) is 19.0 Å². The minimum absolute atomic E-state index is 0. The fourth-order valence-corrected chi connectivity index (χ4v) is 4.56. The summed E-state index contributed by atoms with van der Waals surface area (Å²) in [4.78, 5) is 14.8. The molecule has 0 unspecified atom stereocenters. The van der Waals surface area contributed by atoms with E-state index in [4.69, 9.17) is 0 Å². The van der Waals surface area contributed by atoms with E-state index in [1.807, 2.05) is 0 Å². The maximum Gasteiger partial charge on any atom is 0.434 e. The largest absolute Gasteiger partial charge is 0.434 e. The first-order valence-corrected chi connectivity index (χ1v) is 10.9. The van der Waals surface area contributed by atoms with Crippen molar-refractivity contribution in [1.29, 1.82) is 0 Å². The predicted molar refractivity (Wildman–Crippen MR) is 123 cm³/mol. The summed E-state index contributed by atoms with van der Waals surface area (Å²) < 4.78 is 37.7. The third-order valence-electron chi connectivity index (χ3n) is 4.29. The summed E-state index contributed by atoms with van der Waals surface area (Å²) in [6.07, 6.45) is -0.725. The smallest absolute Gasteiger partial charge is 0.356 e. The highest BCUT2D eigenvalue weighted by Gasteiger charge is 2.33. The van der Waals surface area contributed by atoms with Gasteiger partial charge in [0.15, 0.2) is 16.8 Å². The van der Waals surface area contributed by atoms with Gasteiger partial charge in [0.1, 0.15) is 0 Å². The molecule has 12 heteroatoms. The van der Waals surface area contributed by atoms with Gasteiger partial charge in [0.05, 0.1) is 10.7 Å². The van der Waals surface area contributed by atoms with Crippen molar-refractivity contribution < 1.29 is 13.2 Å². The lowest BCUT2D eigenvalue weighted by molar-refractivity contribution is -0.140. The van der Waals surface area contributed by atoms with Crippen LogP contribution in [-0.4, -0.2) is 49.2 Å². The van der Waals surface area contributed by atoms with Gasteiger partial charge in [-0.05, 0) is 12.8 Å². The van der Waals surface area contributed by atoms with Crippen LogP contribution in [0, 0.1) is 0 Å². The number of nitrogens with zero attached hydrogens (tertiary/aromatic N) is 4. The molecule has 2 aromatic rings. The Morgan fingerprint density at radius 2 is 1.79 bits per heavy atom. The van der Waals surface area contributed by atoms with Gasteiger partial charge in [-0.2, -0.15) is 13.2 Å². The normalized spacial score (nSPS) is 14.8. The summed E-state index contributed by atoms with van der Waals surface area (Å²) in [5.74, 6) is 0.614. The lowest BCUT2D eigenvalue weighted by Gasteiger charge is -2.12. The minimum Gasteiger partial charge on any atom is -0.356 e. The Morgan fingerprint density at radius 3 is 2.41 bits per heavy atom. The van der Waals surface area contributed by atoms with Crippen LogP contribution in [0.15, 0.2) is 15.8 Å². The summed E-state index contributed by atoms with van der Waals surface area (Å²) in [6, 6.07) is 0. The number of anilines is 1. The summed E-state index contributed by atoms with van der Waals surface area (Å²) in [5.41, 5.74) is 0.226. The number of guanidine groups is 1. The van der Waals surface area contributed by atoms with Gasteiger partial charge in [-0.3, -0.25) is 4.99 Å². The van der Waals surface area contributed by atoms with E-state index >= 15 is 0 Å². The summed E-state index contributed by atoms with van der Waals surface area (Å²) in [6.45, 7) is 3.31. The van der Waals surface area contributed by atoms with E-state index in [0.717, 1.165) is 47.1 Å². The quantitative estimate of drug-likeness (QED) is 0.307. The maximum atomic E-state index is 12.6. The molecule has 162 valence electrons. The molecule has 1 aliphatic heterocycles. The van der Waals surface area contributed by atoms with E-state index in [2.05, 4.69) is 35.9 Å². The van der Waals surface area contributed by atoms with E-state index in [-0.39, 0.29) is 24.0 Å². The third-order valence-corrected chi connectivity index (χ3v) is 6.15. The average Bonchev–Trinajstić information content (AvgIpc) is 3.40. The van der Waals surface area contributed by atoms with Crippen LogP contribution in [0.2, 0.25) is 0 Å². The van der Waals surface area contributed by atoms with Gasteiger partial charge < -0.3 is 15.5 Å². The zero-order chi connectivity index (χ0) is 20.0. The molecular formula is C17H24F3IN6S2. The Morgan fingerprint density at radius 1 is 1.10 bits per heavy atom. The summed E-state index contributed by atoms with van der Waals surface area (Å²) in [7, 11) is 1.66. The van der Waals surface area contributed by atoms with Crippen LogP contribution in [0.3, 0.4) is 0 Å². The van der Waals surface area contributed by atoms with Crippen molar-refractivity contribution >= 4 is 57.7 Å². The zero-order valence-corrected chi connectivity index (χ0v) is 19.9. The Kier molecular flexibility index (Phi) is 9.40. The Bertz CT molecular complexity index is 786. The molecule has 2 N–H and O–H groups in total. The van der Waals surface area contributed by atoms with Gasteiger partial charge in [-0.1, -0.05) is 0 Å². The number of hydrogen-bond donors (Lipinski definition) is 2. The molecule has 3 rings (SSSR count). The van der Waals surface area contributed by atoms with E-state index in [9.17, 15) is 13.2 Å². The molecule has 0 atom stereocenters. The van der Waals surface area contributed by atoms with Crippen molar-refractivity contribution in [3.63, 3.8) is 0 Å². The molecule has 1 fully saturated rings. The number of thiazole rings is 2. The zero-order valence-electron chi connectivity index (χ0n) is 16.0. The monoisotopic (exact) mass is 560 g/mol. The lowest BCUT2D eigenvalue weighted by atomic mass is 10.3. The van der Waals surface area contributed by atoms with Crippen molar-refractivity contribution in [1.82, 2.24) is 20.6 Å². The second-order valence-electron chi connectivity index (χ2n) is 6.37. The topological polar surface area (TPSA) is 65.4 Å². The Labute approximate surface area is 193 Å². The number of nitrogens with one attached hydrogen (secondary N) is 2. The second kappa shape index (κ2) is 11.3. The van der Waals surface area contributed by atoms with Crippen molar-refractivity contribution in [3.8, 4) is 0 Å². The highest BCUT2D eigenvalue weighted by Crippen LogP contribution is 2.30. The van der Waals surface area contributed by atoms with Crippen LogP contribution < -0.4 is 15.5 Å². The average molecular weight is 560 g/mol. The van der Waals surface area contributed by atoms with Crippen molar-refractivity contribution in [2.75, 3.05) is 38.1 Å². The molecule has 6 nitrogen and oxygen atoms in total. The van der Waals surface area contributed by atoms with Crippen LogP contribution in [0.25, 0.3) is 0 Å². The van der Waals surface area contributed by atoms with Gasteiger partial charge in [0.2, 0.25) is 0 Å². The molecular weight excluding hydrogens is 536 g/mol. The van der Waals surface area contributed by atoms with Gasteiger partial charge in [-0.15, -0.1) is 46.7 Å². The fourth-order valence-electron chi connectivity index (χ4n) is 2.84. The van der Waals surface area contributed by atoms with Crippen LogP contribution in [0.1, 0.15) is 29.2 Å². The standard InChI is InChI=1S/C17H23F3N6S2.HI/c1-21-15(23-7-5-14-25-13(11-27-14)17(18,19)20)22-6-4-12-10-28-16(24-12)26-8-2-3-9-26;/h10-11H,2-9H2,1H3,(H2,21,22,23);1H. The van der Waals surface area contributed by atoms with Gasteiger partial charge in [0.25, 0.3) is 0 Å². The molecule has 0 spiro atoms. The molecule has 0 saturated carbocycles. The highest BCUT2D eigenvalue weighted by molar-refractivity contribution is 14.0. The Hall–Kier alpha value is -1.15. The van der Waals surface area contributed by atoms with E-state index < -0.39 is 11.9 Å². The number of aliphatic imine (C=N–C) groups is 1. The van der Waals surface area contributed by atoms with Crippen molar-refractivity contribution in [3.05, 3.63) is 27.2 Å². The molecule has 0 aliphatic carbocycles. The number of rotatable bonds is 7. The van der Waals surface area contributed by atoms with Crippen LogP contribution in [0.4, 0.5) is 18.3 Å². The Balaban J connectivity index is 0.00000300. The first kappa shape index (κ1) is 24.1. The van der Waals surface area contributed by atoms with E-state index in [1.54, 1.807) is 18.4 Å². The first-order chi connectivity index (χ1) is 13.5. The van der Waals surface area contributed by atoms with Crippen molar-refractivity contribution in [2.24, 2.45) is 4.99 Å². The predicted octanol–water partition coefficient (Wildman–Crippen LogP) is 3.79. The summed E-state index contributed by atoms with van der Waals surface area (Å²) >= 11 is 2.70. The molecule has 0 aromatic carbocycles. The number of hydrogen-bond acceptors (Lipinski definition) is 6. The molecule has 29 heavy (non-hydrogen) atoms. The van der Waals surface area contributed by atoms with Gasteiger partial charge in [0, 0.05) is 56.8 Å². The molecule has 1 saturated heterocycles. The van der Waals surface area contributed by atoms with Gasteiger partial charge in [-0.25, -0.2) is 9.97 Å². The lowest BCUT2D eigenvalue weighted by Crippen LogP contribution is -2.39. The second-order valence-corrected chi connectivity index (χ2v) is 8.14. The van der Waals surface area contributed by atoms with Crippen LogP contribution >= 0.6 is 46.7 Å². The highest BCUT2D eigenvalue weighted by atomic mass is 127. The number of halogens is 4. The maximum absolute atomic E-state index is 12.6. The molecule has 0 radical (unpaired) electrons. The third kappa shape index (κ3) is 7.24. The molecule has 0 amide bonds. The molecule has 2 aromatic heterocycles. The van der Waals surface area contributed by atoms with E-state index in [1.165, 1.54) is 12.8 Å². The molecule has 1 aliphatic rings. The SMILES string of the molecule is CN=C(NCCc1csc(N2CCCC2)n1)NCCc1nc(C(F)(F)F)cs1.I. The first-order valence-electron chi connectivity index (χ1n) is 9.11. The minimum atomic E-state index is -4.38. The van der Waals surface area contributed by atoms with Crippen LogP contribution in [0.5, 0.6) is 0 Å². The molecule has 0 bridgehead atoms. The van der Waals surface area contributed by atoms with Gasteiger partial charge >= 0.3 is 6.18 Å². The summed E-state index contributed by atoms with van der Waals surface area (Å²) in [5, 5.41) is 11.0. The number of aromatic nitrogens is 2. The molecule has 3 heterocycles. The number of alkyl halides is 3. The van der Waals surface area contributed by atoms with Crippen molar-refractivity contribution in [2.45, 2.75) is 31.9 Å². The fraction of sp³-hybridized carbons (Fsp3) is 0.588.